The number of carbonyl (C=O) groups is 12. The number of H-pyrrole nitrogens is 1. The molecule has 0 spiro atoms. The SMILES string of the molecule is CC(C)C[C@H](NC(=O)[C@H](CO)NC(=O)[C@@H](NC(=O)[C@H](CC(=O)O)NC(=O)[C@@H](N)Cc1c[nH]c2ccccc12)C(C)C)C(=O)NCC(=O)N1CCC[C@H]1C(=O)N[C@H](C(=O)N[C@@H](CC(C)C)C(=O)N1CCC[C@H]1C(=O)N[C@H](C(=O)O)C(C)C)C(C)C. The molecule has 0 saturated carbocycles. The first-order chi connectivity index (χ1) is 39.4. The van der Waals surface area contributed by atoms with E-state index in [1.165, 1.54) is 9.80 Å². The van der Waals surface area contributed by atoms with Gasteiger partial charge < -0.3 is 78.4 Å². The highest BCUT2D eigenvalue weighted by Crippen LogP contribution is 2.23. The Bertz CT molecular complexity index is 2690. The lowest BCUT2D eigenvalue weighted by molar-refractivity contribution is -0.146. The molecule has 1 aromatic heterocycles. The average molecular weight is 1180 g/mol. The van der Waals surface area contributed by atoms with Crippen molar-refractivity contribution in [2.24, 2.45) is 35.3 Å². The minimum Gasteiger partial charge on any atom is -0.481 e. The van der Waals surface area contributed by atoms with Gasteiger partial charge in [-0.1, -0.05) is 87.4 Å². The third-order valence-corrected chi connectivity index (χ3v) is 14.8. The summed E-state index contributed by atoms with van der Waals surface area (Å²) in [4.78, 5) is 167. The fourth-order valence-corrected chi connectivity index (χ4v) is 10.2. The molecule has 84 heavy (non-hydrogen) atoms. The second kappa shape index (κ2) is 31.8. The van der Waals surface area contributed by atoms with Crippen molar-refractivity contribution in [2.75, 3.05) is 26.2 Å². The van der Waals surface area contributed by atoms with Gasteiger partial charge in [0, 0.05) is 30.2 Å². The van der Waals surface area contributed by atoms with E-state index in [0.717, 1.165) is 10.9 Å². The van der Waals surface area contributed by atoms with Crippen molar-refractivity contribution in [2.45, 2.75) is 181 Å². The van der Waals surface area contributed by atoms with Crippen molar-refractivity contribution in [3.8, 4) is 0 Å². The van der Waals surface area contributed by atoms with E-state index in [0.29, 0.717) is 24.8 Å². The monoisotopic (exact) mass is 1180 g/mol. The Kier molecular flexibility index (Phi) is 26.1. The molecule has 3 heterocycles. The van der Waals surface area contributed by atoms with Crippen LogP contribution in [0, 0.1) is 29.6 Å². The number of carbonyl (C=O) groups excluding carboxylic acids is 10. The molecule has 0 unspecified atom stereocenters. The normalized spacial score (nSPS) is 18.1. The number of nitrogens with one attached hydrogen (secondary N) is 9. The molecule has 10 amide bonds. The van der Waals surface area contributed by atoms with Crippen LogP contribution in [0.5, 0.6) is 0 Å². The number of nitrogens with zero attached hydrogens (tertiary/aromatic N) is 2. The quantitative estimate of drug-likeness (QED) is 0.0437. The molecule has 2 aliphatic heterocycles. The van der Waals surface area contributed by atoms with E-state index in [9.17, 15) is 72.9 Å². The number of benzene rings is 1. The smallest absolute Gasteiger partial charge is 0.326 e. The van der Waals surface area contributed by atoms with Gasteiger partial charge in [0.2, 0.25) is 59.1 Å². The van der Waals surface area contributed by atoms with E-state index in [1.54, 1.807) is 61.6 Å². The van der Waals surface area contributed by atoms with Gasteiger partial charge in [-0.2, -0.15) is 0 Å². The lowest BCUT2D eigenvalue weighted by Crippen LogP contribution is -2.61. The lowest BCUT2D eigenvalue weighted by atomic mass is 9.98. The molecular formula is C57H88N12O15. The van der Waals surface area contributed by atoms with Crippen LogP contribution in [0.3, 0.4) is 0 Å². The number of nitrogens with two attached hydrogens (primary N) is 1. The maximum atomic E-state index is 14.1. The average Bonchev–Trinajstić information content (AvgIpc) is 4.42. The van der Waals surface area contributed by atoms with Crippen LogP contribution in [0.1, 0.15) is 120 Å². The third kappa shape index (κ3) is 19.5. The van der Waals surface area contributed by atoms with Gasteiger partial charge in [-0.05, 0) is 86.2 Å². The van der Waals surface area contributed by atoms with Crippen molar-refractivity contribution < 1.29 is 72.9 Å². The topological polar surface area (TPSA) is 410 Å². The van der Waals surface area contributed by atoms with Crippen LogP contribution in [-0.4, -0.2) is 188 Å². The fraction of sp³-hybridized carbons (Fsp3) is 0.649. The molecule has 27 heteroatoms. The van der Waals surface area contributed by atoms with Gasteiger partial charge in [-0.25, -0.2) is 4.79 Å². The molecule has 2 aliphatic rings. The largest absolute Gasteiger partial charge is 0.481 e. The number of aliphatic hydroxyl groups is 1. The highest BCUT2D eigenvalue weighted by molar-refractivity contribution is 5.99. The molecule has 1 aromatic carbocycles. The van der Waals surface area contributed by atoms with Gasteiger partial charge in [0.15, 0.2) is 0 Å². The van der Waals surface area contributed by atoms with E-state index in [4.69, 9.17) is 5.73 Å². The molecule has 2 saturated heterocycles. The zero-order chi connectivity index (χ0) is 62.9. The maximum absolute atomic E-state index is 14.1. The molecule has 0 aliphatic carbocycles. The van der Waals surface area contributed by atoms with Crippen LogP contribution in [0.4, 0.5) is 0 Å². The first kappa shape index (κ1) is 68.8. The van der Waals surface area contributed by atoms with Gasteiger partial charge in [0.05, 0.1) is 25.6 Å². The number of amides is 10. The van der Waals surface area contributed by atoms with Gasteiger partial charge >= 0.3 is 11.9 Å². The Hall–Kier alpha value is -7.68. The van der Waals surface area contributed by atoms with E-state index < -0.39 is 169 Å². The van der Waals surface area contributed by atoms with Gasteiger partial charge in [0.1, 0.15) is 54.4 Å². The Labute approximate surface area is 489 Å². The number of likely N-dealkylation sites (tertiary alicyclic amines) is 2. The second-order valence-corrected chi connectivity index (χ2v) is 23.6. The number of carboxylic acid groups (broad SMARTS) is 2. The Morgan fingerprint density at radius 1 is 0.583 bits per heavy atom. The third-order valence-electron chi connectivity index (χ3n) is 14.8. The Morgan fingerprint density at radius 2 is 1.07 bits per heavy atom. The number of hydrogen-bond acceptors (Lipinski definition) is 14. The molecule has 2 fully saturated rings. The van der Waals surface area contributed by atoms with Crippen molar-refractivity contribution >= 4 is 81.9 Å². The van der Waals surface area contributed by atoms with Crippen molar-refractivity contribution in [3.05, 3.63) is 36.0 Å². The van der Waals surface area contributed by atoms with Crippen LogP contribution in [-0.2, 0) is 64.0 Å². The number of aliphatic hydroxyl groups excluding tert-OH is 1. The van der Waals surface area contributed by atoms with Crippen LogP contribution in [0.15, 0.2) is 30.5 Å². The number of carboxylic acids is 2. The minimum absolute atomic E-state index is 0.0289. The number of rotatable bonds is 31. The van der Waals surface area contributed by atoms with E-state index in [-0.39, 0.29) is 50.6 Å². The predicted molar refractivity (Wildman–Crippen MR) is 306 cm³/mol. The number of aromatic amines is 1. The summed E-state index contributed by atoms with van der Waals surface area (Å²) in [5.41, 5.74) is 7.71. The molecule has 0 bridgehead atoms. The zero-order valence-corrected chi connectivity index (χ0v) is 49.7. The van der Waals surface area contributed by atoms with Crippen molar-refractivity contribution in [1.82, 2.24) is 57.3 Å². The first-order valence-electron chi connectivity index (χ1n) is 28.8. The minimum atomic E-state index is -1.68. The molecule has 27 nitrogen and oxygen atoms in total. The number of hydrogen-bond donors (Lipinski definition) is 13. The van der Waals surface area contributed by atoms with Crippen LogP contribution < -0.4 is 48.3 Å². The standard InChI is InChI=1S/C57H88N12O15/c1-28(2)21-37(62-51(77)40(27-70)64-55(81)45(30(5)6)65-50(76)38(24-44(72)73)61-48(74)35(58)23-33-25-59-36-16-12-11-15-34(33)36)49(75)60-26-43(71)68-19-13-17-41(68)52(78)66-46(31(7)8)54(80)63-39(22-29(3)4)56(82)69-20-14-18-42(69)53(79)67-47(32(9)10)57(83)84/h11-12,15-16,25,28-32,35,37-42,45-47,59,70H,13-14,17-24,26-27,58H2,1-10H3,(H,60,75)(H,61,74)(H,62,77)(H,63,80)(H,64,81)(H,65,76)(H,66,78)(H,67,79)(H,72,73)(H,83,84)/t35-,37-,38-,39-,40-,41-,42-,45-,46-,47-/m0/s1. The van der Waals surface area contributed by atoms with Gasteiger partial charge in [-0.3, -0.25) is 52.7 Å². The molecular weight excluding hydrogens is 1090 g/mol. The van der Waals surface area contributed by atoms with Gasteiger partial charge in [-0.15, -0.1) is 0 Å². The Balaban J connectivity index is 1.37. The summed E-state index contributed by atoms with van der Waals surface area (Å²) in [7, 11) is 0. The molecule has 2 aromatic rings. The number of para-hydroxylation sites is 1. The number of fused-ring (bicyclic) bond motifs is 1. The molecule has 466 valence electrons. The predicted octanol–water partition coefficient (Wildman–Crippen LogP) is -0.859. The lowest BCUT2D eigenvalue weighted by Gasteiger charge is -2.32. The summed E-state index contributed by atoms with van der Waals surface area (Å²) in [5.74, 6) is -12.4. The highest BCUT2D eigenvalue weighted by atomic mass is 16.4. The zero-order valence-electron chi connectivity index (χ0n) is 49.7. The maximum Gasteiger partial charge on any atom is 0.326 e. The molecule has 14 N–H and O–H groups in total. The summed E-state index contributed by atoms with van der Waals surface area (Å²) in [6.45, 7) is 15.7. The van der Waals surface area contributed by atoms with E-state index in [1.807, 2.05) is 38.1 Å². The summed E-state index contributed by atoms with van der Waals surface area (Å²) >= 11 is 0. The van der Waals surface area contributed by atoms with Crippen molar-refractivity contribution in [3.63, 3.8) is 0 Å². The van der Waals surface area contributed by atoms with E-state index in [2.05, 4.69) is 47.5 Å². The van der Waals surface area contributed by atoms with E-state index >= 15 is 0 Å². The van der Waals surface area contributed by atoms with Crippen molar-refractivity contribution in [1.29, 1.82) is 0 Å². The summed E-state index contributed by atoms with van der Waals surface area (Å²) in [6, 6.07) is -5.45. The summed E-state index contributed by atoms with van der Waals surface area (Å²) < 4.78 is 0. The first-order valence-corrected chi connectivity index (χ1v) is 28.8. The number of aliphatic carboxylic acids is 2. The van der Waals surface area contributed by atoms with Gasteiger partial charge in [0.25, 0.3) is 0 Å². The number of aromatic nitrogens is 1. The summed E-state index contributed by atoms with van der Waals surface area (Å²) in [6.07, 6.45) is 2.45. The molecule has 10 atom stereocenters. The fourth-order valence-electron chi connectivity index (χ4n) is 10.2. The molecule has 0 radical (unpaired) electrons. The Morgan fingerprint density at radius 3 is 1.62 bits per heavy atom. The summed E-state index contributed by atoms with van der Waals surface area (Å²) in [5, 5.41) is 50.7. The van der Waals surface area contributed by atoms with Crippen LogP contribution in [0.2, 0.25) is 0 Å². The molecule has 4 rings (SSSR count). The second-order valence-electron chi connectivity index (χ2n) is 23.6. The van der Waals surface area contributed by atoms with Crippen LogP contribution >= 0.6 is 0 Å². The highest BCUT2D eigenvalue weighted by Gasteiger charge is 2.42. The van der Waals surface area contributed by atoms with Crippen LogP contribution in [0.25, 0.3) is 10.9 Å².